The molecule has 1 N–H and O–H groups in total. The van der Waals surface area contributed by atoms with Crippen LogP contribution in [-0.4, -0.2) is 27.8 Å². The number of aromatic nitrogens is 1. The Morgan fingerprint density at radius 1 is 1.33 bits per heavy atom. The van der Waals surface area contributed by atoms with Gasteiger partial charge in [-0.1, -0.05) is 17.3 Å². The molecule has 2 heterocycles. The zero-order valence-electron chi connectivity index (χ0n) is 13.5. The maximum absolute atomic E-state index is 13.0. The van der Waals surface area contributed by atoms with Gasteiger partial charge in [0.15, 0.2) is 0 Å². The smallest absolute Gasteiger partial charge is 0.392 e. The van der Waals surface area contributed by atoms with Crippen molar-refractivity contribution < 1.29 is 22.8 Å². The van der Waals surface area contributed by atoms with Gasteiger partial charge in [-0.15, -0.1) is 0 Å². The molecule has 3 rings (SSSR count). The summed E-state index contributed by atoms with van der Waals surface area (Å²) in [7, 11) is 0. The number of β-amino-alcohol motifs (C(OH)–C–C–N with tert-alkyl or cyclic N) is 1. The summed E-state index contributed by atoms with van der Waals surface area (Å²) in [6.45, 7) is 4.53. The van der Waals surface area contributed by atoms with Gasteiger partial charge in [-0.25, -0.2) is 0 Å². The van der Waals surface area contributed by atoms with Crippen LogP contribution in [0.1, 0.15) is 40.6 Å². The maximum Gasteiger partial charge on any atom is 0.416 e. The second-order valence-corrected chi connectivity index (χ2v) is 6.26. The van der Waals surface area contributed by atoms with Gasteiger partial charge in [0.2, 0.25) is 0 Å². The number of hydrogen-bond donors (Lipinski definition) is 1. The Morgan fingerprint density at radius 3 is 2.71 bits per heavy atom. The Bertz CT molecular complexity index is 707. The summed E-state index contributed by atoms with van der Waals surface area (Å²) >= 11 is 0. The molecule has 0 unspecified atom stereocenters. The van der Waals surface area contributed by atoms with Crippen LogP contribution in [0.5, 0.6) is 0 Å². The molecule has 1 aliphatic rings. The lowest BCUT2D eigenvalue weighted by molar-refractivity contribution is -0.137. The maximum atomic E-state index is 13.0. The van der Waals surface area contributed by atoms with Crippen LogP contribution in [0.4, 0.5) is 13.2 Å². The molecule has 0 amide bonds. The van der Waals surface area contributed by atoms with E-state index in [1.807, 2.05) is 11.8 Å². The second kappa shape index (κ2) is 6.22. The molecule has 7 heteroatoms. The summed E-state index contributed by atoms with van der Waals surface area (Å²) in [6.07, 6.45) is -4.53. The van der Waals surface area contributed by atoms with E-state index in [9.17, 15) is 18.3 Å². The van der Waals surface area contributed by atoms with Crippen molar-refractivity contribution in [1.82, 2.24) is 10.1 Å². The Kier molecular flexibility index (Phi) is 4.40. The third kappa shape index (κ3) is 3.32. The summed E-state index contributed by atoms with van der Waals surface area (Å²) in [4.78, 5) is 1.98. The quantitative estimate of drug-likeness (QED) is 0.927. The molecule has 0 bridgehead atoms. The van der Waals surface area contributed by atoms with Crippen molar-refractivity contribution in [1.29, 1.82) is 0 Å². The van der Waals surface area contributed by atoms with E-state index in [2.05, 4.69) is 5.16 Å². The zero-order chi connectivity index (χ0) is 17.5. The van der Waals surface area contributed by atoms with Crippen molar-refractivity contribution in [2.24, 2.45) is 0 Å². The molecule has 1 aromatic carbocycles. The average Bonchev–Trinajstić information content (AvgIpc) is 3.04. The van der Waals surface area contributed by atoms with Crippen LogP contribution < -0.4 is 0 Å². The van der Waals surface area contributed by atoms with E-state index in [0.717, 1.165) is 17.3 Å². The lowest BCUT2D eigenvalue weighted by Crippen LogP contribution is -2.25. The average molecular weight is 340 g/mol. The van der Waals surface area contributed by atoms with E-state index in [4.69, 9.17) is 4.52 Å². The molecular formula is C17H19F3N2O2. The van der Waals surface area contributed by atoms with Gasteiger partial charge in [-0.05, 0) is 38.0 Å². The van der Waals surface area contributed by atoms with Crippen molar-refractivity contribution in [3.05, 3.63) is 52.4 Å². The predicted molar refractivity (Wildman–Crippen MR) is 81.2 cm³/mol. The molecule has 0 saturated carbocycles. The monoisotopic (exact) mass is 340 g/mol. The minimum Gasteiger partial charge on any atom is -0.392 e. The molecule has 2 aromatic rings. The van der Waals surface area contributed by atoms with E-state index < -0.39 is 17.8 Å². The molecule has 0 spiro atoms. The minimum atomic E-state index is -4.38. The summed E-state index contributed by atoms with van der Waals surface area (Å²) < 4.78 is 44.0. The Hall–Kier alpha value is -1.86. The first-order valence-corrected chi connectivity index (χ1v) is 7.76. The Labute approximate surface area is 137 Å². The molecular weight excluding hydrogens is 321 g/mol. The predicted octanol–water partition coefficient (Wildman–Crippen LogP) is 3.62. The SMILES string of the molecule is Cc1noc(C)c1CN1C[C@@H](O)C[C@H]1c1cccc(C(F)(F)F)c1. The lowest BCUT2D eigenvalue weighted by atomic mass is 10.0. The highest BCUT2D eigenvalue weighted by Gasteiger charge is 2.35. The molecule has 24 heavy (non-hydrogen) atoms. The minimum absolute atomic E-state index is 0.268. The van der Waals surface area contributed by atoms with Crippen LogP contribution in [0.3, 0.4) is 0 Å². The second-order valence-electron chi connectivity index (χ2n) is 6.26. The zero-order valence-corrected chi connectivity index (χ0v) is 13.5. The van der Waals surface area contributed by atoms with Crippen molar-refractivity contribution in [2.75, 3.05) is 6.54 Å². The number of rotatable bonds is 3. The summed E-state index contributed by atoms with van der Waals surface area (Å²) in [5.41, 5.74) is 1.57. The van der Waals surface area contributed by atoms with Crippen LogP contribution >= 0.6 is 0 Å². The van der Waals surface area contributed by atoms with Gasteiger partial charge in [0, 0.05) is 24.7 Å². The largest absolute Gasteiger partial charge is 0.416 e. The number of nitrogens with zero attached hydrogens (tertiary/aromatic N) is 2. The van der Waals surface area contributed by atoms with Crippen molar-refractivity contribution >= 4 is 0 Å². The van der Waals surface area contributed by atoms with Crippen molar-refractivity contribution in [3.63, 3.8) is 0 Å². The first kappa shape index (κ1) is 17.0. The molecule has 2 atom stereocenters. The highest BCUT2D eigenvalue weighted by atomic mass is 19.4. The Balaban J connectivity index is 1.88. The fourth-order valence-corrected chi connectivity index (χ4v) is 3.25. The molecule has 0 radical (unpaired) electrons. The van der Waals surface area contributed by atoms with E-state index in [1.165, 1.54) is 12.1 Å². The third-order valence-corrected chi connectivity index (χ3v) is 4.52. The number of aliphatic hydroxyl groups is 1. The van der Waals surface area contributed by atoms with Crippen LogP contribution in [0, 0.1) is 13.8 Å². The number of likely N-dealkylation sites (tertiary alicyclic amines) is 1. The van der Waals surface area contributed by atoms with Gasteiger partial charge < -0.3 is 9.63 Å². The molecule has 1 aromatic heterocycles. The lowest BCUT2D eigenvalue weighted by Gasteiger charge is -2.25. The number of alkyl halides is 3. The molecule has 1 aliphatic heterocycles. The first-order chi connectivity index (χ1) is 11.3. The van der Waals surface area contributed by atoms with Crippen LogP contribution in [-0.2, 0) is 12.7 Å². The normalized spacial score (nSPS) is 22.2. The summed E-state index contributed by atoms with van der Waals surface area (Å²) in [6, 6.07) is 5.06. The van der Waals surface area contributed by atoms with Crippen molar-refractivity contribution in [3.8, 4) is 0 Å². The molecule has 130 valence electrons. The fraction of sp³-hybridized carbons (Fsp3) is 0.471. The van der Waals surface area contributed by atoms with Crippen LogP contribution in [0.2, 0.25) is 0 Å². The topological polar surface area (TPSA) is 49.5 Å². The van der Waals surface area contributed by atoms with Crippen LogP contribution in [0.15, 0.2) is 28.8 Å². The van der Waals surface area contributed by atoms with Gasteiger partial charge in [0.1, 0.15) is 5.76 Å². The van der Waals surface area contributed by atoms with Gasteiger partial charge in [-0.3, -0.25) is 4.90 Å². The van der Waals surface area contributed by atoms with Gasteiger partial charge >= 0.3 is 6.18 Å². The van der Waals surface area contributed by atoms with Crippen LogP contribution in [0.25, 0.3) is 0 Å². The van der Waals surface area contributed by atoms with E-state index in [-0.39, 0.29) is 6.04 Å². The number of aliphatic hydroxyl groups excluding tert-OH is 1. The van der Waals surface area contributed by atoms with E-state index in [0.29, 0.717) is 30.8 Å². The third-order valence-electron chi connectivity index (χ3n) is 4.52. The van der Waals surface area contributed by atoms with Crippen molar-refractivity contribution in [2.45, 2.75) is 45.1 Å². The highest BCUT2D eigenvalue weighted by Crippen LogP contribution is 2.37. The first-order valence-electron chi connectivity index (χ1n) is 7.76. The standard InChI is InChI=1S/C17H19F3N2O2/c1-10-15(11(2)24-21-10)9-22-8-14(23)7-16(22)12-4-3-5-13(6-12)17(18,19)20/h3-6,14,16,23H,7-9H2,1-2H3/t14-,16-/m0/s1. The fourth-order valence-electron chi connectivity index (χ4n) is 3.25. The molecule has 4 nitrogen and oxygen atoms in total. The molecule has 0 aliphatic carbocycles. The van der Waals surface area contributed by atoms with Gasteiger partial charge in [0.25, 0.3) is 0 Å². The number of aryl methyl sites for hydroxylation is 2. The molecule has 1 saturated heterocycles. The Morgan fingerprint density at radius 2 is 2.08 bits per heavy atom. The number of hydrogen-bond acceptors (Lipinski definition) is 4. The summed E-state index contributed by atoms with van der Waals surface area (Å²) in [5.74, 6) is 0.691. The highest BCUT2D eigenvalue weighted by molar-refractivity contribution is 5.29. The summed E-state index contributed by atoms with van der Waals surface area (Å²) in [5, 5.41) is 13.9. The molecule has 1 fully saturated rings. The van der Waals surface area contributed by atoms with E-state index >= 15 is 0 Å². The van der Waals surface area contributed by atoms with Gasteiger partial charge in [-0.2, -0.15) is 13.2 Å². The van der Waals surface area contributed by atoms with Gasteiger partial charge in [0.05, 0.1) is 17.4 Å². The number of halogens is 3. The number of benzene rings is 1. The van der Waals surface area contributed by atoms with E-state index in [1.54, 1.807) is 13.0 Å².